The molecule has 0 saturated carbocycles. The minimum atomic E-state index is -0.295. The Hall–Kier alpha value is -1.38. The van der Waals surface area contributed by atoms with Crippen LogP contribution in [0.4, 0.5) is 4.39 Å². The van der Waals surface area contributed by atoms with Crippen LogP contribution in [0.25, 0.3) is 10.8 Å². The molecule has 0 nitrogen and oxygen atoms in total. The second-order valence-corrected chi connectivity index (χ2v) is 5.93. The van der Waals surface area contributed by atoms with E-state index in [-0.39, 0.29) is 11.2 Å². The Morgan fingerprint density at radius 2 is 1.50 bits per heavy atom. The lowest BCUT2D eigenvalue weighted by molar-refractivity contribution is 0.620. The van der Waals surface area contributed by atoms with Gasteiger partial charge >= 0.3 is 0 Å². The molecular weight excluding hydrogens is 339 g/mol. The molecule has 3 aromatic rings. The fourth-order valence-electron chi connectivity index (χ4n) is 2.23. The average molecular weight is 350 g/mol. The van der Waals surface area contributed by atoms with E-state index in [0.29, 0.717) is 4.47 Å². The lowest BCUT2D eigenvalue weighted by Gasteiger charge is -2.12. The van der Waals surface area contributed by atoms with Crippen LogP contribution in [0.5, 0.6) is 0 Å². The standard InChI is InChI=1S/C17H11BrClF/c18-15-10-14(7-8-16(15)20)17(19)13-6-5-11-3-1-2-4-12(11)9-13/h1-10,17H. The maximum Gasteiger partial charge on any atom is 0.137 e. The van der Waals surface area contributed by atoms with Crippen molar-refractivity contribution >= 4 is 38.3 Å². The largest absolute Gasteiger partial charge is 0.206 e. The van der Waals surface area contributed by atoms with E-state index < -0.39 is 0 Å². The molecule has 1 atom stereocenters. The lowest BCUT2D eigenvalue weighted by Crippen LogP contribution is -1.94. The Morgan fingerprint density at radius 1 is 0.850 bits per heavy atom. The van der Waals surface area contributed by atoms with Gasteiger partial charge in [-0.15, -0.1) is 11.6 Å². The summed E-state index contributed by atoms with van der Waals surface area (Å²) >= 11 is 9.71. The van der Waals surface area contributed by atoms with Crippen LogP contribution < -0.4 is 0 Å². The van der Waals surface area contributed by atoms with E-state index in [1.165, 1.54) is 11.5 Å². The summed E-state index contributed by atoms with van der Waals surface area (Å²) in [4.78, 5) is 0. The predicted octanol–water partition coefficient (Wildman–Crippen LogP) is 6.07. The van der Waals surface area contributed by atoms with Gasteiger partial charge in [0.15, 0.2) is 0 Å². The summed E-state index contributed by atoms with van der Waals surface area (Å²) in [5.74, 6) is -0.281. The molecule has 100 valence electrons. The van der Waals surface area contributed by atoms with Crippen LogP contribution in [0.3, 0.4) is 0 Å². The van der Waals surface area contributed by atoms with Crippen LogP contribution in [0, 0.1) is 5.82 Å². The van der Waals surface area contributed by atoms with E-state index >= 15 is 0 Å². The van der Waals surface area contributed by atoms with Gasteiger partial charge in [0, 0.05) is 0 Å². The Bertz CT molecular complexity index is 770. The topological polar surface area (TPSA) is 0 Å². The normalized spacial score (nSPS) is 12.6. The quantitative estimate of drug-likeness (QED) is 0.493. The van der Waals surface area contributed by atoms with Crippen LogP contribution in [0.2, 0.25) is 0 Å². The van der Waals surface area contributed by atoms with Crippen LogP contribution in [0.15, 0.2) is 65.1 Å². The Balaban J connectivity index is 2.02. The highest BCUT2D eigenvalue weighted by molar-refractivity contribution is 9.10. The van der Waals surface area contributed by atoms with Gasteiger partial charge in [-0.25, -0.2) is 4.39 Å². The molecule has 0 aliphatic heterocycles. The number of rotatable bonds is 2. The van der Waals surface area contributed by atoms with Gasteiger partial charge in [0.1, 0.15) is 5.82 Å². The van der Waals surface area contributed by atoms with Crippen LogP contribution in [0.1, 0.15) is 16.5 Å². The van der Waals surface area contributed by atoms with Gasteiger partial charge in [0.25, 0.3) is 0 Å². The van der Waals surface area contributed by atoms with Gasteiger partial charge in [-0.3, -0.25) is 0 Å². The van der Waals surface area contributed by atoms with Crippen molar-refractivity contribution in [3.63, 3.8) is 0 Å². The number of halogens is 3. The smallest absolute Gasteiger partial charge is 0.137 e. The summed E-state index contributed by atoms with van der Waals surface area (Å²) in [6.45, 7) is 0. The Morgan fingerprint density at radius 3 is 2.25 bits per heavy atom. The molecule has 0 heterocycles. The highest BCUT2D eigenvalue weighted by Crippen LogP contribution is 2.32. The Kier molecular flexibility index (Phi) is 3.77. The maximum atomic E-state index is 13.3. The molecule has 3 heteroatoms. The average Bonchev–Trinajstić information content (AvgIpc) is 2.49. The summed E-state index contributed by atoms with van der Waals surface area (Å²) in [7, 11) is 0. The summed E-state index contributed by atoms with van der Waals surface area (Å²) < 4.78 is 13.7. The number of hydrogen-bond acceptors (Lipinski definition) is 0. The summed E-state index contributed by atoms with van der Waals surface area (Å²) in [6, 6.07) is 19.1. The highest BCUT2D eigenvalue weighted by atomic mass is 79.9. The van der Waals surface area contributed by atoms with Gasteiger partial charge < -0.3 is 0 Å². The van der Waals surface area contributed by atoms with E-state index in [9.17, 15) is 4.39 Å². The molecule has 3 aromatic carbocycles. The van der Waals surface area contributed by atoms with Crippen molar-refractivity contribution in [1.29, 1.82) is 0 Å². The molecule has 0 bridgehead atoms. The summed E-state index contributed by atoms with van der Waals surface area (Å²) in [5.41, 5.74) is 1.87. The number of alkyl halides is 1. The van der Waals surface area contributed by atoms with E-state index in [1.807, 2.05) is 18.2 Å². The first kappa shape index (κ1) is 13.6. The van der Waals surface area contributed by atoms with Crippen molar-refractivity contribution < 1.29 is 4.39 Å². The third-order valence-electron chi connectivity index (χ3n) is 3.30. The van der Waals surface area contributed by atoms with Crippen LogP contribution in [-0.2, 0) is 0 Å². The van der Waals surface area contributed by atoms with Gasteiger partial charge in [-0.2, -0.15) is 0 Å². The van der Waals surface area contributed by atoms with E-state index in [2.05, 4.69) is 40.2 Å². The first-order chi connectivity index (χ1) is 9.65. The summed E-state index contributed by atoms with van der Waals surface area (Å²) in [6.07, 6.45) is 0. The van der Waals surface area contributed by atoms with Crippen molar-refractivity contribution in [3.8, 4) is 0 Å². The van der Waals surface area contributed by atoms with Crippen molar-refractivity contribution in [2.75, 3.05) is 0 Å². The fraction of sp³-hybridized carbons (Fsp3) is 0.0588. The third kappa shape index (κ3) is 2.58. The first-order valence-corrected chi connectivity index (χ1v) is 7.46. The molecule has 0 fully saturated rings. The SMILES string of the molecule is Fc1ccc(C(Cl)c2ccc3ccccc3c2)cc1Br. The van der Waals surface area contributed by atoms with Gasteiger partial charge in [0.2, 0.25) is 0 Å². The minimum absolute atomic E-state index is 0.281. The van der Waals surface area contributed by atoms with Crippen molar-refractivity contribution in [3.05, 3.63) is 82.1 Å². The maximum absolute atomic E-state index is 13.3. The molecule has 0 aliphatic carbocycles. The van der Waals surface area contributed by atoms with Crippen molar-refractivity contribution in [2.45, 2.75) is 5.38 Å². The van der Waals surface area contributed by atoms with Gasteiger partial charge in [0.05, 0.1) is 9.85 Å². The molecule has 0 spiro atoms. The fourth-order valence-corrected chi connectivity index (χ4v) is 2.90. The molecule has 0 aromatic heterocycles. The summed E-state index contributed by atoms with van der Waals surface area (Å²) in [5, 5.41) is 2.04. The zero-order valence-electron chi connectivity index (χ0n) is 10.5. The molecule has 0 radical (unpaired) electrons. The number of fused-ring (bicyclic) bond motifs is 1. The first-order valence-electron chi connectivity index (χ1n) is 6.23. The molecule has 0 saturated heterocycles. The van der Waals surface area contributed by atoms with E-state index in [1.54, 1.807) is 12.1 Å². The molecule has 3 rings (SSSR count). The molecule has 20 heavy (non-hydrogen) atoms. The Labute approximate surface area is 130 Å². The molecule has 0 N–H and O–H groups in total. The van der Waals surface area contributed by atoms with Crippen molar-refractivity contribution in [2.24, 2.45) is 0 Å². The number of hydrogen-bond donors (Lipinski definition) is 0. The molecule has 1 unspecified atom stereocenters. The number of benzene rings is 3. The van der Waals surface area contributed by atoms with Crippen molar-refractivity contribution in [1.82, 2.24) is 0 Å². The van der Waals surface area contributed by atoms with Crippen LogP contribution in [-0.4, -0.2) is 0 Å². The zero-order chi connectivity index (χ0) is 14.1. The predicted molar refractivity (Wildman–Crippen MR) is 85.7 cm³/mol. The molecule has 0 aliphatic rings. The lowest BCUT2D eigenvalue weighted by atomic mass is 10.0. The van der Waals surface area contributed by atoms with E-state index in [0.717, 1.165) is 16.5 Å². The third-order valence-corrected chi connectivity index (χ3v) is 4.41. The highest BCUT2D eigenvalue weighted by Gasteiger charge is 2.13. The second kappa shape index (κ2) is 5.55. The molecular formula is C17H11BrClF. The minimum Gasteiger partial charge on any atom is -0.206 e. The monoisotopic (exact) mass is 348 g/mol. The van der Waals surface area contributed by atoms with Gasteiger partial charge in [-0.05, 0) is 56.0 Å². The molecule has 0 amide bonds. The second-order valence-electron chi connectivity index (χ2n) is 4.64. The van der Waals surface area contributed by atoms with Gasteiger partial charge in [-0.1, -0.05) is 42.5 Å². The zero-order valence-corrected chi connectivity index (χ0v) is 12.8. The van der Waals surface area contributed by atoms with E-state index in [4.69, 9.17) is 11.6 Å². The van der Waals surface area contributed by atoms with Crippen LogP contribution >= 0.6 is 27.5 Å².